The summed E-state index contributed by atoms with van der Waals surface area (Å²) < 4.78 is 0. The van der Waals surface area contributed by atoms with Gasteiger partial charge in [-0.2, -0.15) is 0 Å². The first-order chi connectivity index (χ1) is 3.72. The molecule has 0 saturated heterocycles. The van der Waals surface area contributed by atoms with Crippen LogP contribution in [0.15, 0.2) is 0 Å². The molecule has 0 aliphatic rings. The summed E-state index contributed by atoms with van der Waals surface area (Å²) in [6.07, 6.45) is 0.899. The van der Waals surface area contributed by atoms with Gasteiger partial charge in [0.25, 0.3) is 0 Å². The highest BCUT2D eigenvalue weighted by Crippen LogP contribution is 1.99. The van der Waals surface area contributed by atoms with E-state index in [1.165, 1.54) is 0 Å². The van der Waals surface area contributed by atoms with Gasteiger partial charge in [0.1, 0.15) is 5.78 Å². The van der Waals surface area contributed by atoms with E-state index in [9.17, 15) is 4.79 Å². The largest absolute Gasteiger partial charge is 0.324 e. The van der Waals surface area contributed by atoms with E-state index in [1.54, 1.807) is 0 Å². The van der Waals surface area contributed by atoms with Crippen molar-refractivity contribution in [2.45, 2.75) is 20.3 Å². The summed E-state index contributed by atoms with van der Waals surface area (Å²) in [4.78, 5) is 10.6. The summed E-state index contributed by atoms with van der Waals surface area (Å²) in [5, 5.41) is 0. The van der Waals surface area contributed by atoms with E-state index in [0.717, 1.165) is 6.42 Å². The molecule has 56 valence electrons. The van der Waals surface area contributed by atoms with E-state index >= 15 is 0 Å². The number of halogens is 1. The van der Waals surface area contributed by atoms with Gasteiger partial charge >= 0.3 is 0 Å². The molecular weight excluding hydrogens is 138 g/mol. The second kappa shape index (κ2) is 6.05. The summed E-state index contributed by atoms with van der Waals surface area (Å²) >= 11 is 0. The van der Waals surface area contributed by atoms with E-state index in [-0.39, 0.29) is 30.7 Å². The lowest BCUT2D eigenvalue weighted by Gasteiger charge is -2.01. The van der Waals surface area contributed by atoms with Crippen molar-refractivity contribution in [3.8, 4) is 0 Å². The van der Waals surface area contributed by atoms with Gasteiger partial charge in [-0.25, -0.2) is 0 Å². The Morgan fingerprint density at radius 3 is 2.22 bits per heavy atom. The van der Waals surface area contributed by atoms with Crippen LogP contribution in [-0.2, 0) is 4.79 Å². The molecule has 0 rings (SSSR count). The molecule has 0 bridgehead atoms. The third kappa shape index (κ3) is 4.43. The van der Waals surface area contributed by atoms with Gasteiger partial charge in [0.2, 0.25) is 0 Å². The lowest BCUT2D eigenvalue weighted by atomic mass is 10.0. The minimum Gasteiger partial charge on any atom is -0.324 e. The lowest BCUT2D eigenvalue weighted by Crippen LogP contribution is -2.20. The van der Waals surface area contributed by atoms with Gasteiger partial charge in [0.15, 0.2) is 0 Å². The first-order valence-electron chi connectivity index (χ1n) is 2.95. The van der Waals surface area contributed by atoms with E-state index < -0.39 is 0 Å². The van der Waals surface area contributed by atoms with Crippen molar-refractivity contribution in [2.75, 3.05) is 6.54 Å². The topological polar surface area (TPSA) is 43.1 Å². The van der Waals surface area contributed by atoms with Crippen molar-refractivity contribution in [2.24, 2.45) is 11.7 Å². The second-order valence-electron chi connectivity index (χ2n) is 1.98. The van der Waals surface area contributed by atoms with Crippen molar-refractivity contribution in [3.05, 3.63) is 0 Å². The summed E-state index contributed by atoms with van der Waals surface area (Å²) in [5.41, 5.74) is 5.10. The van der Waals surface area contributed by atoms with Crippen molar-refractivity contribution < 1.29 is 4.79 Å². The van der Waals surface area contributed by atoms with E-state index in [0.29, 0.717) is 0 Å². The number of carbonyl (C=O) groups is 1. The highest BCUT2D eigenvalue weighted by molar-refractivity contribution is 5.85. The van der Waals surface area contributed by atoms with E-state index in [2.05, 4.69) is 0 Å². The Balaban J connectivity index is 0. The Bertz CT molecular complexity index is 85.1. The van der Waals surface area contributed by atoms with E-state index in [4.69, 9.17) is 5.73 Å². The van der Waals surface area contributed by atoms with Gasteiger partial charge in [0, 0.05) is 5.92 Å². The van der Waals surface area contributed by atoms with Crippen LogP contribution in [0.5, 0.6) is 0 Å². The molecule has 0 heterocycles. The number of carbonyl (C=O) groups excluding carboxylic acids is 1. The lowest BCUT2D eigenvalue weighted by molar-refractivity contribution is -0.121. The maximum absolute atomic E-state index is 10.6. The van der Waals surface area contributed by atoms with Crippen LogP contribution in [0.1, 0.15) is 20.3 Å². The molecule has 9 heavy (non-hydrogen) atoms. The zero-order valence-electron chi connectivity index (χ0n) is 5.89. The molecule has 0 radical (unpaired) electrons. The maximum Gasteiger partial charge on any atom is 0.149 e. The second-order valence-corrected chi connectivity index (χ2v) is 1.98. The van der Waals surface area contributed by atoms with Crippen LogP contribution in [0, 0.1) is 5.92 Å². The maximum atomic E-state index is 10.6. The summed E-state index contributed by atoms with van der Waals surface area (Å²) in [6, 6.07) is 0. The molecule has 0 amide bonds. The van der Waals surface area contributed by atoms with Crippen LogP contribution in [0.2, 0.25) is 0 Å². The fraction of sp³-hybridized carbons (Fsp3) is 0.833. The quantitative estimate of drug-likeness (QED) is 0.654. The van der Waals surface area contributed by atoms with Crippen molar-refractivity contribution >= 4 is 18.2 Å². The number of hydrogen-bond acceptors (Lipinski definition) is 2. The smallest absolute Gasteiger partial charge is 0.149 e. The molecule has 0 aliphatic heterocycles. The predicted molar refractivity (Wildman–Crippen MR) is 40.8 cm³/mol. The van der Waals surface area contributed by atoms with Gasteiger partial charge in [0.05, 0.1) is 6.54 Å². The Labute approximate surface area is 62.2 Å². The van der Waals surface area contributed by atoms with Gasteiger partial charge in [-0.15, -0.1) is 12.4 Å². The van der Waals surface area contributed by atoms with Crippen LogP contribution >= 0.6 is 12.4 Å². The first-order valence-corrected chi connectivity index (χ1v) is 2.95. The molecule has 0 aromatic carbocycles. The average molecular weight is 152 g/mol. The molecule has 0 aromatic heterocycles. The zero-order valence-corrected chi connectivity index (χ0v) is 6.70. The number of nitrogens with two attached hydrogens (primary N) is 1. The van der Waals surface area contributed by atoms with Gasteiger partial charge in [-0.1, -0.05) is 13.8 Å². The highest BCUT2D eigenvalue weighted by Gasteiger charge is 2.06. The van der Waals surface area contributed by atoms with Crippen LogP contribution in [0.4, 0.5) is 0 Å². The minimum absolute atomic E-state index is 0. The monoisotopic (exact) mass is 151 g/mol. The molecule has 2 N–H and O–H groups in total. The molecule has 0 fully saturated rings. The normalized spacial score (nSPS) is 11.9. The third-order valence-electron chi connectivity index (χ3n) is 1.36. The molecule has 2 nitrogen and oxygen atoms in total. The van der Waals surface area contributed by atoms with Gasteiger partial charge in [-0.3, -0.25) is 4.79 Å². The fourth-order valence-corrected chi connectivity index (χ4v) is 0.429. The highest BCUT2D eigenvalue weighted by atomic mass is 35.5. The molecule has 0 aliphatic carbocycles. The molecule has 0 aromatic rings. The van der Waals surface area contributed by atoms with Crippen molar-refractivity contribution in [1.29, 1.82) is 0 Å². The molecule has 0 saturated carbocycles. The minimum atomic E-state index is 0. The fourth-order valence-electron chi connectivity index (χ4n) is 0.429. The zero-order chi connectivity index (χ0) is 6.57. The third-order valence-corrected chi connectivity index (χ3v) is 1.36. The molecule has 0 spiro atoms. The summed E-state index contributed by atoms with van der Waals surface area (Å²) in [6.45, 7) is 4.07. The summed E-state index contributed by atoms with van der Waals surface area (Å²) in [7, 11) is 0. The first kappa shape index (κ1) is 11.7. The van der Waals surface area contributed by atoms with Crippen LogP contribution in [0.3, 0.4) is 0 Å². The average Bonchev–Trinajstić information content (AvgIpc) is 1.84. The standard InChI is InChI=1S/C6H13NO.ClH/c1-3-5(2)6(8)4-7;/h5H,3-4,7H2,1-2H3;1H. The van der Waals surface area contributed by atoms with Crippen molar-refractivity contribution in [1.82, 2.24) is 0 Å². The van der Waals surface area contributed by atoms with Crippen LogP contribution in [-0.4, -0.2) is 12.3 Å². The van der Waals surface area contributed by atoms with Gasteiger partial charge in [-0.05, 0) is 6.42 Å². The van der Waals surface area contributed by atoms with Crippen LogP contribution in [0.25, 0.3) is 0 Å². The number of hydrogen-bond donors (Lipinski definition) is 1. The Hall–Kier alpha value is -0.0800. The predicted octanol–water partition coefficient (Wildman–Crippen LogP) is 0.982. The molecule has 3 heteroatoms. The SMILES string of the molecule is CCC(C)C(=O)CN.Cl. The van der Waals surface area contributed by atoms with Crippen LogP contribution < -0.4 is 5.73 Å². The van der Waals surface area contributed by atoms with E-state index in [1.807, 2.05) is 13.8 Å². The Morgan fingerprint density at radius 2 is 2.11 bits per heavy atom. The number of rotatable bonds is 3. The molecular formula is C6H14ClNO. The van der Waals surface area contributed by atoms with Crippen molar-refractivity contribution in [3.63, 3.8) is 0 Å². The Kier molecular flexibility index (Phi) is 7.85. The number of Topliss-reactive ketones (excluding diaryl/α,β-unsaturated/α-hetero) is 1. The molecule has 1 unspecified atom stereocenters. The number of ketones is 1. The van der Waals surface area contributed by atoms with Gasteiger partial charge < -0.3 is 5.73 Å². The summed E-state index contributed by atoms with van der Waals surface area (Å²) in [5.74, 6) is 0.312. The molecule has 1 atom stereocenters. The Morgan fingerprint density at radius 1 is 1.67 bits per heavy atom.